The number of hydrogen-bond acceptors (Lipinski definition) is 4. The number of nitrogens with one attached hydrogen (secondary N) is 1. The van der Waals surface area contributed by atoms with Crippen molar-refractivity contribution in [1.82, 2.24) is 4.90 Å². The average Bonchev–Trinajstić information content (AvgIpc) is 2.70. The first-order valence-corrected chi connectivity index (χ1v) is 10.3. The summed E-state index contributed by atoms with van der Waals surface area (Å²) in [6, 6.07) is 13.5. The van der Waals surface area contributed by atoms with E-state index in [4.69, 9.17) is 4.74 Å². The molecule has 0 radical (unpaired) electrons. The van der Waals surface area contributed by atoms with Gasteiger partial charge < -0.3 is 19.9 Å². The quantitative estimate of drug-likeness (QED) is 0.804. The highest BCUT2D eigenvalue weighted by molar-refractivity contribution is 6.04. The molecule has 2 aromatic rings. The highest BCUT2D eigenvalue weighted by Crippen LogP contribution is 2.20. The van der Waals surface area contributed by atoms with E-state index in [1.54, 1.807) is 4.90 Å². The van der Waals surface area contributed by atoms with Crippen molar-refractivity contribution in [2.75, 3.05) is 36.4 Å². The molecule has 0 saturated carbocycles. The summed E-state index contributed by atoms with van der Waals surface area (Å²) in [5, 5.41) is 2.95. The van der Waals surface area contributed by atoms with E-state index in [0.717, 1.165) is 30.0 Å². The molecule has 1 N–H and O–H groups in total. The van der Waals surface area contributed by atoms with Crippen LogP contribution in [0.4, 0.5) is 16.2 Å². The van der Waals surface area contributed by atoms with Crippen LogP contribution in [0.25, 0.3) is 0 Å². The van der Waals surface area contributed by atoms with Gasteiger partial charge in [-0.25, -0.2) is 4.79 Å². The van der Waals surface area contributed by atoms with Gasteiger partial charge in [0.05, 0.1) is 0 Å². The predicted octanol–water partition coefficient (Wildman–Crippen LogP) is 4.61. The zero-order valence-corrected chi connectivity index (χ0v) is 18.5. The first kappa shape index (κ1) is 21.7. The number of aryl methyl sites for hydroxylation is 2. The van der Waals surface area contributed by atoms with E-state index in [1.165, 1.54) is 5.56 Å². The molecule has 1 saturated heterocycles. The maximum absolute atomic E-state index is 12.5. The number of anilines is 2. The standard InChI is InChI=1S/C24H31N3O3/c1-17-6-9-20(16-18(17)2)25-22(28)19-7-10-21(11-8-19)26-12-14-27(15-13-26)23(29)30-24(3,4)5/h6-11,16H,12-15H2,1-5H3,(H,25,28). The number of benzene rings is 2. The van der Waals surface area contributed by atoms with E-state index in [9.17, 15) is 9.59 Å². The SMILES string of the molecule is Cc1ccc(NC(=O)c2ccc(N3CCN(C(=O)OC(C)(C)C)CC3)cc2)cc1C. The van der Waals surface area contributed by atoms with Crippen LogP contribution >= 0.6 is 0 Å². The number of piperazine rings is 1. The van der Waals surface area contributed by atoms with Crippen LogP contribution in [0, 0.1) is 13.8 Å². The molecule has 0 aliphatic carbocycles. The minimum Gasteiger partial charge on any atom is -0.444 e. The van der Waals surface area contributed by atoms with Crippen molar-refractivity contribution in [3.63, 3.8) is 0 Å². The van der Waals surface area contributed by atoms with Crippen LogP contribution in [0.15, 0.2) is 42.5 Å². The molecule has 1 aliphatic heterocycles. The molecular weight excluding hydrogens is 378 g/mol. The van der Waals surface area contributed by atoms with Crippen molar-refractivity contribution in [3.8, 4) is 0 Å². The molecule has 30 heavy (non-hydrogen) atoms. The van der Waals surface area contributed by atoms with Gasteiger partial charge in [-0.2, -0.15) is 0 Å². The van der Waals surface area contributed by atoms with Crippen molar-refractivity contribution in [2.45, 2.75) is 40.2 Å². The van der Waals surface area contributed by atoms with Crippen LogP contribution in [0.3, 0.4) is 0 Å². The Labute approximate surface area is 178 Å². The second-order valence-corrected chi connectivity index (χ2v) is 8.75. The third-order valence-corrected chi connectivity index (χ3v) is 5.19. The summed E-state index contributed by atoms with van der Waals surface area (Å²) in [6.45, 7) is 12.4. The zero-order valence-electron chi connectivity index (χ0n) is 18.5. The number of ether oxygens (including phenoxy) is 1. The molecule has 0 spiro atoms. The van der Waals surface area contributed by atoms with Crippen molar-refractivity contribution >= 4 is 23.4 Å². The molecule has 2 aromatic carbocycles. The Bertz CT molecular complexity index is 908. The maximum atomic E-state index is 12.5. The van der Waals surface area contributed by atoms with E-state index in [-0.39, 0.29) is 12.0 Å². The fraction of sp³-hybridized carbons (Fsp3) is 0.417. The van der Waals surface area contributed by atoms with Crippen molar-refractivity contribution in [2.24, 2.45) is 0 Å². The lowest BCUT2D eigenvalue weighted by atomic mass is 10.1. The van der Waals surface area contributed by atoms with Crippen molar-refractivity contribution < 1.29 is 14.3 Å². The van der Waals surface area contributed by atoms with E-state index >= 15 is 0 Å². The number of hydrogen-bond donors (Lipinski definition) is 1. The summed E-state index contributed by atoms with van der Waals surface area (Å²) < 4.78 is 5.45. The number of nitrogens with zero attached hydrogens (tertiary/aromatic N) is 2. The molecule has 6 nitrogen and oxygen atoms in total. The third kappa shape index (κ3) is 5.53. The van der Waals surface area contributed by atoms with Crippen LogP contribution < -0.4 is 10.2 Å². The van der Waals surface area contributed by atoms with Gasteiger partial charge in [0.1, 0.15) is 5.60 Å². The summed E-state index contributed by atoms with van der Waals surface area (Å²) in [7, 11) is 0. The summed E-state index contributed by atoms with van der Waals surface area (Å²) in [5.74, 6) is -0.125. The highest BCUT2D eigenvalue weighted by atomic mass is 16.6. The molecule has 0 unspecified atom stereocenters. The van der Waals surface area contributed by atoms with E-state index in [2.05, 4.69) is 10.2 Å². The van der Waals surface area contributed by atoms with Gasteiger partial charge in [-0.15, -0.1) is 0 Å². The topological polar surface area (TPSA) is 61.9 Å². The Balaban J connectivity index is 1.56. The summed E-state index contributed by atoms with van der Waals surface area (Å²) >= 11 is 0. The predicted molar refractivity (Wildman–Crippen MR) is 120 cm³/mol. The Morgan fingerprint density at radius 1 is 0.900 bits per heavy atom. The van der Waals surface area contributed by atoms with Gasteiger partial charge in [-0.05, 0) is 82.1 Å². The third-order valence-electron chi connectivity index (χ3n) is 5.19. The van der Waals surface area contributed by atoms with Gasteiger partial charge >= 0.3 is 6.09 Å². The molecule has 0 bridgehead atoms. The van der Waals surface area contributed by atoms with Gasteiger partial charge in [0.2, 0.25) is 0 Å². The second kappa shape index (κ2) is 8.78. The normalized spacial score (nSPS) is 14.4. The van der Waals surface area contributed by atoms with E-state index in [0.29, 0.717) is 18.7 Å². The van der Waals surface area contributed by atoms with Crippen LogP contribution in [-0.4, -0.2) is 48.7 Å². The van der Waals surface area contributed by atoms with Crippen LogP contribution in [-0.2, 0) is 4.74 Å². The van der Waals surface area contributed by atoms with Gasteiger partial charge in [-0.1, -0.05) is 6.07 Å². The van der Waals surface area contributed by atoms with Gasteiger partial charge in [-0.3, -0.25) is 4.79 Å². The Morgan fingerprint density at radius 2 is 1.53 bits per heavy atom. The molecule has 2 amide bonds. The monoisotopic (exact) mass is 409 g/mol. The molecule has 0 aromatic heterocycles. The minimum atomic E-state index is -0.484. The largest absolute Gasteiger partial charge is 0.444 e. The fourth-order valence-electron chi connectivity index (χ4n) is 3.32. The average molecular weight is 410 g/mol. The van der Waals surface area contributed by atoms with E-state index in [1.807, 2.05) is 77.1 Å². The number of rotatable bonds is 3. The zero-order chi connectivity index (χ0) is 21.9. The Kier molecular flexibility index (Phi) is 6.34. The Hall–Kier alpha value is -3.02. The summed E-state index contributed by atoms with van der Waals surface area (Å²) in [6.07, 6.45) is -0.263. The number of amides is 2. The van der Waals surface area contributed by atoms with Gasteiger partial charge in [0, 0.05) is 43.1 Å². The van der Waals surface area contributed by atoms with E-state index < -0.39 is 5.60 Å². The molecule has 160 valence electrons. The first-order chi connectivity index (χ1) is 14.1. The fourth-order valence-corrected chi connectivity index (χ4v) is 3.32. The molecule has 1 aliphatic rings. The minimum absolute atomic E-state index is 0.125. The number of carbonyl (C=O) groups is 2. The lowest BCUT2D eigenvalue weighted by molar-refractivity contribution is 0.0240. The van der Waals surface area contributed by atoms with Crippen LogP contribution in [0.1, 0.15) is 42.3 Å². The maximum Gasteiger partial charge on any atom is 0.410 e. The van der Waals surface area contributed by atoms with Crippen molar-refractivity contribution in [3.05, 3.63) is 59.2 Å². The lowest BCUT2D eigenvalue weighted by Gasteiger charge is -2.36. The van der Waals surface area contributed by atoms with Crippen LogP contribution in [0.2, 0.25) is 0 Å². The molecule has 1 heterocycles. The molecule has 1 fully saturated rings. The second-order valence-electron chi connectivity index (χ2n) is 8.75. The summed E-state index contributed by atoms with van der Waals surface area (Å²) in [4.78, 5) is 28.7. The van der Waals surface area contributed by atoms with Gasteiger partial charge in [0.15, 0.2) is 0 Å². The van der Waals surface area contributed by atoms with Crippen molar-refractivity contribution in [1.29, 1.82) is 0 Å². The van der Waals surface area contributed by atoms with Gasteiger partial charge in [0.25, 0.3) is 5.91 Å². The smallest absolute Gasteiger partial charge is 0.410 e. The Morgan fingerprint density at radius 3 is 2.10 bits per heavy atom. The molecule has 0 atom stereocenters. The number of carbonyl (C=O) groups excluding carboxylic acids is 2. The lowest BCUT2D eigenvalue weighted by Crippen LogP contribution is -2.50. The molecule has 6 heteroatoms. The van der Waals surface area contributed by atoms with Crippen LogP contribution in [0.5, 0.6) is 0 Å². The highest BCUT2D eigenvalue weighted by Gasteiger charge is 2.26. The molecular formula is C24H31N3O3. The summed E-state index contributed by atoms with van der Waals surface area (Å²) in [5.41, 5.74) is 4.32. The first-order valence-electron chi connectivity index (χ1n) is 10.3. The molecule has 3 rings (SSSR count).